The van der Waals surface area contributed by atoms with E-state index in [0.29, 0.717) is 10.8 Å². The Hall–Kier alpha value is -1.69. The molecule has 0 aliphatic rings. The van der Waals surface area contributed by atoms with Crippen molar-refractivity contribution >= 4 is 23.1 Å². The number of hydrogen-bond donors (Lipinski definition) is 1. The molecule has 0 unspecified atom stereocenters. The SMILES string of the molecule is CN=C(C[N+](=O)[O-])Nc1ccc(Cl)nc1. The van der Waals surface area contributed by atoms with Crippen LogP contribution in [0.25, 0.3) is 0 Å². The van der Waals surface area contributed by atoms with Gasteiger partial charge in [0, 0.05) is 12.0 Å². The second-order valence-corrected chi connectivity index (χ2v) is 3.04. The highest BCUT2D eigenvalue weighted by molar-refractivity contribution is 6.29. The Morgan fingerprint density at radius 2 is 2.47 bits per heavy atom. The number of nitrogens with one attached hydrogen (secondary N) is 1. The topological polar surface area (TPSA) is 80.4 Å². The van der Waals surface area contributed by atoms with E-state index in [1.165, 1.54) is 13.2 Å². The van der Waals surface area contributed by atoms with E-state index in [2.05, 4.69) is 15.3 Å². The maximum Gasteiger partial charge on any atom is 0.260 e. The van der Waals surface area contributed by atoms with Gasteiger partial charge in [0.15, 0.2) is 5.84 Å². The third-order valence-corrected chi connectivity index (χ3v) is 1.79. The highest BCUT2D eigenvalue weighted by atomic mass is 35.5. The van der Waals surface area contributed by atoms with Crippen LogP contribution in [0.15, 0.2) is 23.3 Å². The van der Waals surface area contributed by atoms with Crippen LogP contribution in [0.3, 0.4) is 0 Å². The van der Waals surface area contributed by atoms with Crippen molar-refractivity contribution in [2.45, 2.75) is 0 Å². The van der Waals surface area contributed by atoms with Crippen molar-refractivity contribution in [1.29, 1.82) is 0 Å². The summed E-state index contributed by atoms with van der Waals surface area (Å²) in [5.74, 6) is 0.268. The number of aliphatic imine (C=N–C) groups is 1. The molecule has 15 heavy (non-hydrogen) atoms. The van der Waals surface area contributed by atoms with Crippen LogP contribution in [0.4, 0.5) is 5.69 Å². The zero-order valence-corrected chi connectivity index (χ0v) is 8.73. The second kappa shape index (κ2) is 5.26. The number of aromatic nitrogens is 1. The van der Waals surface area contributed by atoms with E-state index in [9.17, 15) is 10.1 Å². The molecule has 1 aromatic rings. The largest absolute Gasteiger partial charge is 0.337 e. The summed E-state index contributed by atoms with van der Waals surface area (Å²) in [4.78, 5) is 17.4. The number of nitrogens with zero attached hydrogens (tertiary/aromatic N) is 3. The van der Waals surface area contributed by atoms with Gasteiger partial charge in [0.1, 0.15) is 5.15 Å². The van der Waals surface area contributed by atoms with E-state index in [-0.39, 0.29) is 12.4 Å². The summed E-state index contributed by atoms with van der Waals surface area (Å²) in [6, 6.07) is 3.25. The van der Waals surface area contributed by atoms with Gasteiger partial charge in [-0.3, -0.25) is 15.1 Å². The first kappa shape index (κ1) is 11.4. The van der Waals surface area contributed by atoms with Gasteiger partial charge in [-0.15, -0.1) is 0 Å². The first-order valence-corrected chi connectivity index (χ1v) is 4.45. The fraction of sp³-hybridized carbons (Fsp3) is 0.250. The minimum Gasteiger partial charge on any atom is -0.337 e. The van der Waals surface area contributed by atoms with Crippen molar-refractivity contribution in [3.63, 3.8) is 0 Å². The zero-order valence-electron chi connectivity index (χ0n) is 7.98. The normalized spacial score (nSPS) is 11.2. The van der Waals surface area contributed by atoms with Gasteiger partial charge in [0.05, 0.1) is 11.9 Å². The minimum atomic E-state index is -0.460. The van der Waals surface area contributed by atoms with Gasteiger partial charge in [0.2, 0.25) is 0 Å². The molecule has 0 spiro atoms. The van der Waals surface area contributed by atoms with E-state index in [4.69, 9.17) is 11.6 Å². The molecule has 0 amide bonds. The van der Waals surface area contributed by atoms with Crippen LogP contribution in [0.1, 0.15) is 0 Å². The zero-order chi connectivity index (χ0) is 11.3. The van der Waals surface area contributed by atoms with Crippen molar-refractivity contribution in [3.8, 4) is 0 Å². The van der Waals surface area contributed by atoms with Crippen molar-refractivity contribution in [1.82, 2.24) is 4.98 Å². The molecule has 80 valence electrons. The summed E-state index contributed by atoms with van der Waals surface area (Å²) < 4.78 is 0. The Morgan fingerprint density at radius 3 is 2.93 bits per heavy atom. The summed E-state index contributed by atoms with van der Waals surface area (Å²) in [6.45, 7) is -0.348. The lowest BCUT2D eigenvalue weighted by atomic mass is 10.4. The fourth-order valence-electron chi connectivity index (χ4n) is 0.905. The Kier molecular flexibility index (Phi) is 3.99. The van der Waals surface area contributed by atoms with Gasteiger partial charge in [0.25, 0.3) is 6.54 Å². The standard InChI is InChI=1S/C8H9ClN4O2/c1-10-8(5-13(14)15)12-6-2-3-7(9)11-4-6/h2-4H,5H2,1H3,(H,10,12). The molecule has 0 saturated carbocycles. The van der Waals surface area contributed by atoms with Crippen LogP contribution in [0.2, 0.25) is 5.15 Å². The molecule has 7 heteroatoms. The minimum absolute atomic E-state index is 0.268. The molecule has 6 nitrogen and oxygen atoms in total. The van der Waals surface area contributed by atoms with Gasteiger partial charge in [-0.1, -0.05) is 11.6 Å². The van der Waals surface area contributed by atoms with Crippen LogP contribution in [-0.2, 0) is 0 Å². The van der Waals surface area contributed by atoms with Gasteiger partial charge in [-0.2, -0.15) is 0 Å². The van der Waals surface area contributed by atoms with E-state index in [1.807, 2.05) is 0 Å². The third-order valence-electron chi connectivity index (χ3n) is 1.56. The number of rotatable bonds is 3. The Balaban J connectivity index is 2.67. The second-order valence-electron chi connectivity index (χ2n) is 2.66. The first-order valence-electron chi connectivity index (χ1n) is 4.08. The van der Waals surface area contributed by atoms with Crippen LogP contribution in [0.5, 0.6) is 0 Å². The van der Waals surface area contributed by atoms with E-state index in [0.717, 1.165) is 0 Å². The average molecular weight is 229 g/mol. The number of hydrogen-bond acceptors (Lipinski definition) is 4. The predicted octanol–water partition coefficient (Wildman–Crippen LogP) is 1.45. The highest BCUT2D eigenvalue weighted by Gasteiger charge is 2.06. The molecule has 0 radical (unpaired) electrons. The van der Waals surface area contributed by atoms with Crippen molar-refractivity contribution in [2.24, 2.45) is 4.99 Å². The van der Waals surface area contributed by atoms with Gasteiger partial charge < -0.3 is 5.32 Å². The summed E-state index contributed by atoms with van der Waals surface area (Å²) >= 11 is 5.59. The van der Waals surface area contributed by atoms with E-state index in [1.54, 1.807) is 12.1 Å². The third kappa shape index (κ3) is 3.90. The molecular weight excluding hydrogens is 220 g/mol. The smallest absolute Gasteiger partial charge is 0.260 e. The molecular formula is C8H9ClN4O2. The molecule has 1 heterocycles. The maximum atomic E-state index is 10.3. The number of anilines is 1. The van der Waals surface area contributed by atoms with Crippen molar-refractivity contribution in [3.05, 3.63) is 33.6 Å². The summed E-state index contributed by atoms with van der Waals surface area (Å²) in [6.07, 6.45) is 1.48. The quantitative estimate of drug-likeness (QED) is 0.279. The molecule has 0 aliphatic carbocycles. The predicted molar refractivity (Wildman–Crippen MR) is 58.1 cm³/mol. The highest BCUT2D eigenvalue weighted by Crippen LogP contribution is 2.09. The van der Waals surface area contributed by atoms with Crippen molar-refractivity contribution < 1.29 is 4.92 Å². The lowest BCUT2D eigenvalue weighted by Gasteiger charge is -2.04. The summed E-state index contributed by atoms with van der Waals surface area (Å²) in [7, 11) is 1.48. The number of halogens is 1. The lowest BCUT2D eigenvalue weighted by Crippen LogP contribution is -2.22. The monoisotopic (exact) mass is 228 g/mol. The van der Waals surface area contributed by atoms with Gasteiger partial charge >= 0.3 is 0 Å². The molecule has 0 bridgehead atoms. The molecule has 1 rings (SSSR count). The number of nitro groups is 1. The summed E-state index contributed by atoms with van der Waals surface area (Å²) in [5, 5.41) is 13.4. The summed E-state index contributed by atoms with van der Waals surface area (Å²) in [5.41, 5.74) is 0.613. The number of pyridine rings is 1. The van der Waals surface area contributed by atoms with E-state index < -0.39 is 4.92 Å². The van der Waals surface area contributed by atoms with E-state index >= 15 is 0 Å². The Labute approximate surface area is 91.1 Å². The van der Waals surface area contributed by atoms with Gasteiger partial charge in [-0.25, -0.2) is 4.98 Å². The molecule has 1 N–H and O–H groups in total. The molecule has 0 fully saturated rings. The lowest BCUT2D eigenvalue weighted by molar-refractivity contribution is -0.463. The molecule has 0 atom stereocenters. The number of amidine groups is 1. The molecule has 0 aromatic carbocycles. The fourth-order valence-corrected chi connectivity index (χ4v) is 1.02. The van der Waals surface area contributed by atoms with Crippen molar-refractivity contribution in [2.75, 3.05) is 18.9 Å². The Morgan fingerprint density at radius 1 is 1.73 bits per heavy atom. The van der Waals surface area contributed by atoms with Gasteiger partial charge in [-0.05, 0) is 12.1 Å². The van der Waals surface area contributed by atoms with Crippen LogP contribution in [-0.4, -0.2) is 29.3 Å². The maximum absolute atomic E-state index is 10.3. The first-order chi connectivity index (χ1) is 7.11. The average Bonchev–Trinajstić information content (AvgIpc) is 2.19. The Bertz CT molecular complexity index is 377. The van der Waals surface area contributed by atoms with Crippen LogP contribution in [0, 0.1) is 10.1 Å². The van der Waals surface area contributed by atoms with Crippen LogP contribution >= 0.6 is 11.6 Å². The molecule has 0 saturated heterocycles. The molecule has 0 aliphatic heterocycles. The van der Waals surface area contributed by atoms with Crippen LogP contribution < -0.4 is 5.32 Å². The molecule has 1 aromatic heterocycles.